The van der Waals surface area contributed by atoms with Crippen LogP contribution in [0.3, 0.4) is 0 Å². The first-order chi connectivity index (χ1) is 6.91. The number of carbonyl (C=O) groups is 2. The zero-order valence-electron chi connectivity index (χ0n) is 8.64. The van der Waals surface area contributed by atoms with Gasteiger partial charge >= 0.3 is 0 Å². The predicted molar refractivity (Wildman–Crippen MR) is 44.4 cm³/mol. The number of nitrogens with one attached hydrogen (secondary N) is 1. The Morgan fingerprint density at radius 2 is 2.07 bits per heavy atom. The van der Waals surface area contributed by atoms with E-state index in [-0.39, 0.29) is 0 Å². The van der Waals surface area contributed by atoms with Crippen molar-refractivity contribution in [3.8, 4) is 0 Å². The van der Waals surface area contributed by atoms with E-state index in [1.165, 1.54) is 7.05 Å². The molecule has 0 saturated heterocycles. The zero-order chi connectivity index (χ0) is 11.6. The van der Waals surface area contributed by atoms with E-state index in [1.54, 1.807) is 5.73 Å². The minimum Gasteiger partial charge on any atom is -0.369 e. The Morgan fingerprint density at radius 3 is 2.57 bits per heavy atom. The molecule has 1 fully saturated rings. The average Bonchev–Trinajstić information content (AvgIpc) is 2.52. The van der Waals surface area contributed by atoms with Crippen LogP contribution in [0, 0.1) is 11.8 Å². The maximum absolute atomic E-state index is 13.0. The number of rotatable bonds is 2. The van der Waals surface area contributed by atoms with Crippen molar-refractivity contribution in [2.45, 2.75) is 18.8 Å². The van der Waals surface area contributed by atoms with Crippen LogP contribution in [-0.2, 0) is 9.59 Å². The first-order valence-corrected chi connectivity index (χ1v) is 4.22. The monoisotopic (exact) mass is 207 g/mol. The molecule has 0 bridgehead atoms. The van der Waals surface area contributed by atoms with E-state index in [0.29, 0.717) is 0 Å². The second-order valence-electron chi connectivity index (χ2n) is 3.46. The van der Waals surface area contributed by atoms with Gasteiger partial charge in [-0.2, -0.15) is 0 Å². The Kier molecular flexibility index (Phi) is 2.35. The topological polar surface area (TPSA) is 72.2 Å². The molecule has 0 unspecified atom stereocenters. The fourth-order valence-corrected chi connectivity index (χ4v) is 1.75. The standard InChI is InChI=1S/C8H12F2N2O2/c1-12-7(14)5-3-8(9,10)2-4(5)6(11)13/h4-5H,2-3H2,1H3,(H2,11,13)(H,12,14)/t4-,5-/m0/s1/i/hD. The Bertz CT molecular complexity index is 260. The molecule has 80 valence electrons. The lowest BCUT2D eigenvalue weighted by atomic mass is 9.95. The molecule has 0 radical (unpaired) electrons. The van der Waals surface area contributed by atoms with Gasteiger partial charge in [0.25, 0.3) is 0 Å². The summed E-state index contributed by atoms with van der Waals surface area (Å²) in [6.45, 7) is 0. The Balaban J connectivity index is 2.83. The minimum atomic E-state index is -3.01. The summed E-state index contributed by atoms with van der Waals surface area (Å²) in [5.74, 6) is -6.58. The van der Waals surface area contributed by atoms with Gasteiger partial charge in [0, 0.05) is 19.9 Å². The van der Waals surface area contributed by atoms with Crippen LogP contribution in [0.4, 0.5) is 8.78 Å². The Labute approximate surface area is 81.3 Å². The molecule has 6 heteroatoms. The number of hydrogen-bond acceptors (Lipinski definition) is 2. The highest BCUT2D eigenvalue weighted by atomic mass is 19.3. The van der Waals surface area contributed by atoms with Crippen molar-refractivity contribution < 1.29 is 19.8 Å². The summed E-state index contributed by atoms with van der Waals surface area (Å²) in [6, 6.07) is 0. The van der Waals surface area contributed by atoms with E-state index < -0.39 is 42.4 Å². The van der Waals surface area contributed by atoms with Gasteiger partial charge in [-0.1, -0.05) is 0 Å². The van der Waals surface area contributed by atoms with Gasteiger partial charge in [-0.3, -0.25) is 9.59 Å². The third-order valence-corrected chi connectivity index (χ3v) is 2.44. The van der Waals surface area contributed by atoms with Crippen molar-refractivity contribution in [2.24, 2.45) is 17.6 Å². The highest BCUT2D eigenvalue weighted by Gasteiger charge is 2.51. The summed E-state index contributed by atoms with van der Waals surface area (Å²) < 4.78 is 32.6. The maximum Gasteiger partial charge on any atom is 0.249 e. The molecular weight excluding hydrogens is 194 g/mol. The zero-order valence-corrected chi connectivity index (χ0v) is 7.64. The van der Waals surface area contributed by atoms with Crippen LogP contribution in [-0.4, -0.2) is 24.8 Å². The van der Waals surface area contributed by atoms with Crippen LogP contribution in [0.1, 0.15) is 12.8 Å². The molecule has 0 aromatic rings. The lowest BCUT2D eigenvalue weighted by Gasteiger charge is -2.12. The highest BCUT2D eigenvalue weighted by molar-refractivity contribution is 5.87. The largest absolute Gasteiger partial charge is 0.369 e. The summed E-state index contributed by atoms with van der Waals surface area (Å²) in [4.78, 5) is 22.4. The number of alkyl halides is 2. The summed E-state index contributed by atoms with van der Waals surface area (Å²) in [5.41, 5.74) is 1.55. The quantitative estimate of drug-likeness (QED) is 0.662. The number of carbonyl (C=O) groups excluding carboxylic acids is 2. The molecule has 2 amide bonds. The van der Waals surface area contributed by atoms with Gasteiger partial charge in [-0.15, -0.1) is 0 Å². The summed E-state index contributed by atoms with van der Waals surface area (Å²) in [6.07, 6.45) is -1.31. The average molecular weight is 207 g/mol. The van der Waals surface area contributed by atoms with E-state index in [4.69, 9.17) is 1.41 Å². The van der Waals surface area contributed by atoms with Crippen LogP contribution in [0.2, 0.25) is 1.41 Å². The number of amides is 2. The lowest BCUT2D eigenvalue weighted by molar-refractivity contribution is -0.131. The van der Waals surface area contributed by atoms with Gasteiger partial charge in [-0.05, 0) is 0 Å². The molecule has 0 heterocycles. The first-order valence-electron chi connectivity index (χ1n) is 4.72. The van der Waals surface area contributed by atoms with Gasteiger partial charge in [-0.25, -0.2) is 8.78 Å². The molecule has 1 aliphatic carbocycles. The second-order valence-corrected chi connectivity index (χ2v) is 3.46. The Hall–Kier alpha value is -1.20. The maximum atomic E-state index is 13.0. The normalized spacial score (nSPS) is 30.6. The van der Waals surface area contributed by atoms with Crippen LogP contribution in [0.5, 0.6) is 0 Å². The number of nitrogens with two attached hydrogens (primary N) is 1. The summed E-state index contributed by atoms with van der Waals surface area (Å²) in [5, 5.41) is 2.24. The molecule has 1 saturated carbocycles. The lowest BCUT2D eigenvalue weighted by Crippen LogP contribution is -2.35. The smallest absolute Gasteiger partial charge is 0.249 e. The van der Waals surface area contributed by atoms with Crippen molar-refractivity contribution in [1.82, 2.24) is 5.32 Å². The van der Waals surface area contributed by atoms with Crippen molar-refractivity contribution in [3.63, 3.8) is 0 Å². The van der Waals surface area contributed by atoms with E-state index >= 15 is 0 Å². The number of primary amides is 1. The van der Waals surface area contributed by atoms with Crippen molar-refractivity contribution in [3.05, 3.63) is 0 Å². The minimum absolute atomic E-state index is 0.583. The molecule has 2 atom stereocenters. The summed E-state index contributed by atoms with van der Waals surface area (Å²) >= 11 is 0. The van der Waals surface area contributed by atoms with Crippen LogP contribution >= 0.6 is 0 Å². The molecule has 1 aliphatic rings. The first kappa shape index (κ1) is 9.36. The van der Waals surface area contributed by atoms with E-state index in [9.17, 15) is 18.4 Å². The van der Waals surface area contributed by atoms with Crippen molar-refractivity contribution in [2.75, 3.05) is 7.05 Å². The fourth-order valence-electron chi connectivity index (χ4n) is 1.75. The molecule has 14 heavy (non-hydrogen) atoms. The fraction of sp³-hybridized carbons (Fsp3) is 0.750. The predicted octanol–water partition coefficient (Wildman–Crippen LogP) is -0.121. The second kappa shape index (κ2) is 3.51. The molecular formula is C8H12F2N2O2. The van der Waals surface area contributed by atoms with Crippen LogP contribution in [0.15, 0.2) is 0 Å². The van der Waals surface area contributed by atoms with Gasteiger partial charge in [0.1, 0.15) is 0 Å². The van der Waals surface area contributed by atoms with Gasteiger partial charge in [0.05, 0.1) is 11.8 Å². The van der Waals surface area contributed by atoms with E-state index in [1.807, 2.05) is 0 Å². The molecule has 0 spiro atoms. The number of hydrogen-bond donors (Lipinski definition) is 2. The van der Waals surface area contributed by atoms with E-state index in [2.05, 4.69) is 5.32 Å². The molecule has 0 aromatic carbocycles. The van der Waals surface area contributed by atoms with Crippen molar-refractivity contribution in [1.29, 1.82) is 0 Å². The van der Waals surface area contributed by atoms with Gasteiger partial charge < -0.3 is 11.0 Å². The van der Waals surface area contributed by atoms with Gasteiger partial charge in [0.15, 0.2) is 1.41 Å². The van der Waals surface area contributed by atoms with Crippen LogP contribution in [0.25, 0.3) is 0 Å². The highest BCUT2D eigenvalue weighted by Crippen LogP contribution is 2.42. The van der Waals surface area contributed by atoms with Gasteiger partial charge in [0.2, 0.25) is 17.7 Å². The molecule has 3 N–H and O–H groups in total. The Morgan fingerprint density at radius 1 is 1.50 bits per heavy atom. The third kappa shape index (κ3) is 2.00. The number of halogens is 2. The van der Waals surface area contributed by atoms with E-state index in [0.717, 1.165) is 0 Å². The third-order valence-electron chi connectivity index (χ3n) is 2.44. The molecule has 1 rings (SSSR count). The van der Waals surface area contributed by atoms with Crippen LogP contribution < -0.4 is 11.0 Å². The molecule has 4 nitrogen and oxygen atoms in total. The van der Waals surface area contributed by atoms with Crippen molar-refractivity contribution >= 4 is 11.8 Å². The SMILES string of the molecule is [2H]NC(=O)[C@H]1CC(F)(F)C[C@@H]1C(=O)NC. The molecule has 0 aliphatic heterocycles. The molecule has 0 aromatic heterocycles. The summed E-state index contributed by atoms with van der Waals surface area (Å²) in [7, 11) is 1.33.